The molecular weight excluding hydrogens is 340 g/mol. The zero-order valence-electron chi connectivity index (χ0n) is 12.4. The minimum Gasteiger partial charge on any atom is -0.503 e. The number of hydrogen-bond donors (Lipinski definition) is 1. The Morgan fingerprint density at radius 1 is 1.25 bits per heavy atom. The molecule has 3 rings (SSSR count). The molecule has 0 atom stereocenters. The van der Waals surface area contributed by atoms with Crippen molar-refractivity contribution in [2.75, 3.05) is 0 Å². The van der Waals surface area contributed by atoms with E-state index in [1.807, 2.05) is 0 Å². The Kier molecular flexibility index (Phi) is 4.02. The topological polar surface area (TPSA) is 77.1 Å². The van der Waals surface area contributed by atoms with Crippen molar-refractivity contribution in [3.05, 3.63) is 67.9 Å². The van der Waals surface area contributed by atoms with Gasteiger partial charge in [-0.3, -0.25) is 13.9 Å². The van der Waals surface area contributed by atoms with E-state index in [9.17, 15) is 18.4 Å². The highest BCUT2D eigenvalue weighted by Gasteiger charge is 2.13. The highest BCUT2D eigenvalue weighted by atomic mass is 32.1. The summed E-state index contributed by atoms with van der Waals surface area (Å²) in [6.07, 6.45) is 2.87. The van der Waals surface area contributed by atoms with Crippen molar-refractivity contribution in [2.45, 2.75) is 6.54 Å². The lowest BCUT2D eigenvalue weighted by Crippen LogP contribution is -2.36. The molecule has 0 radical (unpaired) electrons. The Bertz CT molecular complexity index is 1020. The molecule has 2 aromatic heterocycles. The lowest BCUT2D eigenvalue weighted by molar-refractivity contribution is 0.396. The first kappa shape index (κ1) is 16.1. The van der Waals surface area contributed by atoms with Crippen LogP contribution in [-0.4, -0.2) is 19.2 Å². The monoisotopic (exact) mass is 351 g/mol. The van der Waals surface area contributed by atoms with E-state index in [1.165, 1.54) is 30.1 Å². The smallest absolute Gasteiger partial charge is 0.331 e. The lowest BCUT2D eigenvalue weighted by atomic mass is 10.2. The summed E-state index contributed by atoms with van der Waals surface area (Å²) in [6, 6.07) is 3.24. The molecule has 0 amide bonds. The van der Waals surface area contributed by atoms with Crippen LogP contribution >= 0.6 is 11.3 Å². The first-order valence-electron chi connectivity index (χ1n) is 6.76. The summed E-state index contributed by atoms with van der Waals surface area (Å²) in [6.45, 7) is 0.174. The Morgan fingerprint density at radius 2 is 1.92 bits per heavy atom. The number of thiazole rings is 1. The fourth-order valence-electron chi connectivity index (χ4n) is 2.11. The van der Waals surface area contributed by atoms with Gasteiger partial charge in [0.25, 0.3) is 5.56 Å². The Balaban J connectivity index is 1.93. The molecule has 6 nitrogen and oxygen atoms in total. The average Bonchev–Trinajstić information content (AvgIpc) is 3.01. The van der Waals surface area contributed by atoms with Gasteiger partial charge in [0.2, 0.25) is 0 Å². The number of rotatable bonds is 3. The molecule has 24 heavy (non-hydrogen) atoms. The SMILES string of the molecule is Cn1c(=O)ccn(Cc2cnc(-c3cc(F)c(O)c(F)c3)s2)c1=O. The summed E-state index contributed by atoms with van der Waals surface area (Å²) in [5.74, 6) is -3.18. The van der Waals surface area contributed by atoms with Crippen LogP contribution in [0.5, 0.6) is 5.75 Å². The largest absolute Gasteiger partial charge is 0.503 e. The molecule has 0 unspecified atom stereocenters. The summed E-state index contributed by atoms with van der Waals surface area (Å²) in [5.41, 5.74) is -0.692. The van der Waals surface area contributed by atoms with Crippen LogP contribution in [0.15, 0.2) is 40.2 Å². The molecule has 0 bridgehead atoms. The molecular formula is C15H11F2N3O3S. The fourth-order valence-corrected chi connectivity index (χ4v) is 3.01. The molecule has 0 spiro atoms. The maximum absolute atomic E-state index is 13.4. The second-order valence-corrected chi connectivity index (χ2v) is 6.16. The fraction of sp³-hybridized carbons (Fsp3) is 0.133. The average molecular weight is 351 g/mol. The van der Waals surface area contributed by atoms with Crippen molar-refractivity contribution in [3.63, 3.8) is 0 Å². The molecule has 0 saturated carbocycles. The minimum atomic E-state index is -1.07. The first-order chi connectivity index (χ1) is 11.4. The van der Waals surface area contributed by atoms with E-state index >= 15 is 0 Å². The number of phenolic OH excluding ortho intramolecular Hbond substituents is 1. The molecule has 1 N–H and O–H groups in total. The summed E-state index contributed by atoms with van der Waals surface area (Å²) in [4.78, 5) is 28.1. The molecule has 2 heterocycles. The van der Waals surface area contributed by atoms with Crippen molar-refractivity contribution in [2.24, 2.45) is 7.05 Å². The number of benzene rings is 1. The second-order valence-electron chi connectivity index (χ2n) is 5.04. The van der Waals surface area contributed by atoms with E-state index in [-0.39, 0.29) is 12.1 Å². The van der Waals surface area contributed by atoms with E-state index in [2.05, 4.69) is 4.98 Å². The highest BCUT2D eigenvalue weighted by molar-refractivity contribution is 7.15. The summed E-state index contributed by atoms with van der Waals surface area (Å²) >= 11 is 1.15. The van der Waals surface area contributed by atoms with Crippen molar-refractivity contribution in [3.8, 4) is 16.3 Å². The molecule has 0 fully saturated rings. The molecule has 0 aliphatic carbocycles. The van der Waals surface area contributed by atoms with Crippen LogP contribution in [0.1, 0.15) is 4.88 Å². The minimum absolute atomic E-state index is 0.174. The molecule has 0 aliphatic heterocycles. The van der Waals surface area contributed by atoms with Gasteiger partial charge < -0.3 is 5.11 Å². The van der Waals surface area contributed by atoms with Crippen LogP contribution in [0.2, 0.25) is 0 Å². The number of hydrogen-bond acceptors (Lipinski definition) is 5. The standard InChI is InChI=1S/C15H11F2N3O3S/c1-19-12(21)2-3-20(15(19)23)7-9-6-18-14(24-9)8-4-10(16)13(22)11(17)5-8/h2-6,22H,7H2,1H3. The second kappa shape index (κ2) is 6.00. The third kappa shape index (κ3) is 2.85. The first-order valence-corrected chi connectivity index (χ1v) is 7.58. The number of aromatic nitrogens is 3. The van der Waals surface area contributed by atoms with Gasteiger partial charge in [-0.2, -0.15) is 0 Å². The van der Waals surface area contributed by atoms with Gasteiger partial charge in [0.15, 0.2) is 17.4 Å². The molecule has 0 saturated heterocycles. The molecule has 1 aromatic carbocycles. The third-order valence-electron chi connectivity index (χ3n) is 3.40. The van der Waals surface area contributed by atoms with Crippen LogP contribution in [-0.2, 0) is 13.6 Å². The predicted octanol–water partition coefficient (Wildman–Crippen LogP) is 1.70. The van der Waals surface area contributed by atoms with E-state index in [4.69, 9.17) is 5.11 Å². The molecule has 9 heteroatoms. The maximum Gasteiger partial charge on any atom is 0.331 e. The van der Waals surface area contributed by atoms with Crippen molar-refractivity contribution >= 4 is 11.3 Å². The van der Waals surface area contributed by atoms with Crippen LogP contribution in [0, 0.1) is 11.6 Å². The molecule has 3 aromatic rings. The summed E-state index contributed by atoms with van der Waals surface area (Å²) < 4.78 is 29.2. The number of nitrogens with zero attached hydrogens (tertiary/aromatic N) is 3. The summed E-state index contributed by atoms with van der Waals surface area (Å²) in [7, 11) is 1.38. The normalized spacial score (nSPS) is 11.0. The van der Waals surface area contributed by atoms with Crippen molar-refractivity contribution in [1.82, 2.24) is 14.1 Å². The van der Waals surface area contributed by atoms with Gasteiger partial charge >= 0.3 is 5.69 Å². The van der Waals surface area contributed by atoms with Crippen LogP contribution in [0.4, 0.5) is 8.78 Å². The number of halogens is 2. The number of aromatic hydroxyl groups is 1. The van der Waals surface area contributed by atoms with Crippen molar-refractivity contribution in [1.29, 1.82) is 0 Å². The third-order valence-corrected chi connectivity index (χ3v) is 4.44. The zero-order valence-corrected chi connectivity index (χ0v) is 13.2. The Labute approximate surface area is 137 Å². The molecule has 124 valence electrons. The van der Waals surface area contributed by atoms with Gasteiger partial charge in [0, 0.05) is 35.9 Å². The van der Waals surface area contributed by atoms with Crippen LogP contribution in [0.25, 0.3) is 10.6 Å². The summed E-state index contributed by atoms with van der Waals surface area (Å²) in [5, 5.41) is 9.47. The van der Waals surface area contributed by atoms with Crippen LogP contribution < -0.4 is 11.2 Å². The van der Waals surface area contributed by atoms with Gasteiger partial charge in [-0.05, 0) is 12.1 Å². The quantitative estimate of drug-likeness (QED) is 0.779. The number of phenols is 1. The van der Waals surface area contributed by atoms with Gasteiger partial charge in [0.05, 0.1) is 6.54 Å². The van der Waals surface area contributed by atoms with Gasteiger partial charge in [-0.15, -0.1) is 11.3 Å². The van der Waals surface area contributed by atoms with Gasteiger partial charge in [-0.25, -0.2) is 18.6 Å². The van der Waals surface area contributed by atoms with E-state index in [0.717, 1.165) is 28.0 Å². The van der Waals surface area contributed by atoms with Gasteiger partial charge in [-0.1, -0.05) is 0 Å². The Morgan fingerprint density at radius 3 is 2.58 bits per heavy atom. The lowest BCUT2D eigenvalue weighted by Gasteiger charge is -2.04. The van der Waals surface area contributed by atoms with Crippen molar-refractivity contribution < 1.29 is 13.9 Å². The zero-order chi connectivity index (χ0) is 17.4. The van der Waals surface area contributed by atoms with E-state index in [1.54, 1.807) is 0 Å². The predicted molar refractivity (Wildman–Crippen MR) is 84.2 cm³/mol. The van der Waals surface area contributed by atoms with E-state index < -0.39 is 28.6 Å². The van der Waals surface area contributed by atoms with Gasteiger partial charge in [0.1, 0.15) is 5.01 Å². The highest BCUT2D eigenvalue weighted by Crippen LogP contribution is 2.30. The maximum atomic E-state index is 13.4. The molecule has 0 aliphatic rings. The van der Waals surface area contributed by atoms with Crippen LogP contribution in [0.3, 0.4) is 0 Å². The Hall–Kier alpha value is -2.81. The van der Waals surface area contributed by atoms with E-state index in [0.29, 0.717) is 9.88 Å².